The summed E-state index contributed by atoms with van der Waals surface area (Å²) in [6.07, 6.45) is 0.283. The van der Waals surface area contributed by atoms with Crippen molar-refractivity contribution in [1.29, 1.82) is 0 Å². The van der Waals surface area contributed by atoms with E-state index >= 15 is 0 Å². The van der Waals surface area contributed by atoms with Crippen molar-refractivity contribution in [2.75, 3.05) is 12.8 Å². The maximum Gasteiger partial charge on any atom is 0.224 e. The molecule has 4 nitrogen and oxygen atoms in total. The monoisotopic (exact) mass is 304 g/mol. The molecule has 1 amide bonds. The minimum atomic E-state index is -0.0817. The smallest absolute Gasteiger partial charge is 0.224 e. The van der Waals surface area contributed by atoms with Gasteiger partial charge in [0.15, 0.2) is 0 Å². The minimum Gasteiger partial charge on any atom is -0.496 e. The molecule has 3 N–H and O–H groups in total. The maximum atomic E-state index is 12.0. The lowest BCUT2D eigenvalue weighted by atomic mass is 10.1. The molecule has 0 fully saturated rings. The van der Waals surface area contributed by atoms with Gasteiger partial charge >= 0.3 is 0 Å². The number of nitrogens with one attached hydrogen (secondary N) is 1. The van der Waals surface area contributed by atoms with Crippen molar-refractivity contribution < 1.29 is 9.53 Å². The van der Waals surface area contributed by atoms with Crippen LogP contribution in [0.3, 0.4) is 0 Å². The van der Waals surface area contributed by atoms with Crippen LogP contribution in [-0.4, -0.2) is 13.0 Å². The van der Waals surface area contributed by atoms with Crippen LogP contribution in [0.4, 0.5) is 5.69 Å². The van der Waals surface area contributed by atoms with Gasteiger partial charge in [-0.15, -0.1) is 0 Å². The Labute approximate surface area is 128 Å². The standard InChI is InChI=1S/C16H17ClN2O2/c1-21-15-6-5-14(18)9-12(15)10-19-16(20)8-11-3-2-4-13(17)7-11/h2-7,9H,8,10,18H2,1H3,(H,19,20). The van der Waals surface area contributed by atoms with E-state index < -0.39 is 0 Å². The Kier molecular flexibility index (Phi) is 5.06. The lowest BCUT2D eigenvalue weighted by Crippen LogP contribution is -2.24. The lowest BCUT2D eigenvalue weighted by Gasteiger charge is -2.10. The Morgan fingerprint density at radius 2 is 2.10 bits per heavy atom. The summed E-state index contributed by atoms with van der Waals surface area (Å²) in [7, 11) is 1.59. The molecular weight excluding hydrogens is 288 g/mol. The molecule has 2 aromatic rings. The molecule has 0 bridgehead atoms. The van der Waals surface area contributed by atoms with Crippen molar-refractivity contribution in [2.45, 2.75) is 13.0 Å². The van der Waals surface area contributed by atoms with Crippen molar-refractivity contribution in [3.8, 4) is 5.75 Å². The highest BCUT2D eigenvalue weighted by Crippen LogP contribution is 2.20. The highest BCUT2D eigenvalue weighted by Gasteiger charge is 2.07. The van der Waals surface area contributed by atoms with Gasteiger partial charge in [0.1, 0.15) is 5.75 Å². The average molecular weight is 305 g/mol. The van der Waals surface area contributed by atoms with E-state index in [1.165, 1.54) is 0 Å². The summed E-state index contributed by atoms with van der Waals surface area (Å²) in [5.74, 6) is 0.619. The molecule has 0 aromatic heterocycles. The molecule has 0 saturated heterocycles. The molecule has 110 valence electrons. The number of nitrogens with two attached hydrogens (primary N) is 1. The zero-order valence-electron chi connectivity index (χ0n) is 11.7. The van der Waals surface area contributed by atoms with E-state index in [2.05, 4.69) is 5.32 Å². The molecule has 0 unspecified atom stereocenters. The first-order chi connectivity index (χ1) is 10.1. The molecule has 5 heteroatoms. The highest BCUT2D eigenvalue weighted by molar-refractivity contribution is 6.30. The van der Waals surface area contributed by atoms with E-state index in [0.717, 1.165) is 11.1 Å². The van der Waals surface area contributed by atoms with E-state index in [0.29, 0.717) is 23.0 Å². The van der Waals surface area contributed by atoms with E-state index in [1.54, 1.807) is 37.4 Å². The van der Waals surface area contributed by atoms with Crippen LogP contribution in [-0.2, 0) is 17.8 Å². The molecule has 0 spiro atoms. The zero-order chi connectivity index (χ0) is 15.2. The summed E-state index contributed by atoms with van der Waals surface area (Å²) in [6.45, 7) is 0.369. The summed E-state index contributed by atoms with van der Waals surface area (Å²) >= 11 is 5.90. The summed E-state index contributed by atoms with van der Waals surface area (Å²) in [6, 6.07) is 12.6. The van der Waals surface area contributed by atoms with Gasteiger partial charge in [-0.05, 0) is 35.9 Å². The lowest BCUT2D eigenvalue weighted by molar-refractivity contribution is -0.120. The molecule has 0 aliphatic carbocycles. The van der Waals surface area contributed by atoms with Crippen LogP contribution in [0.25, 0.3) is 0 Å². The van der Waals surface area contributed by atoms with Gasteiger partial charge in [-0.25, -0.2) is 0 Å². The van der Waals surface area contributed by atoms with Crippen LogP contribution < -0.4 is 15.8 Å². The van der Waals surface area contributed by atoms with Crippen LogP contribution in [0.15, 0.2) is 42.5 Å². The SMILES string of the molecule is COc1ccc(N)cc1CNC(=O)Cc1cccc(Cl)c1. The minimum absolute atomic E-state index is 0.0817. The van der Waals surface area contributed by atoms with Gasteiger partial charge < -0.3 is 15.8 Å². The second-order valence-corrected chi connectivity index (χ2v) is 5.09. The number of hydrogen-bond acceptors (Lipinski definition) is 3. The van der Waals surface area contributed by atoms with Gasteiger partial charge in [0.25, 0.3) is 0 Å². The fourth-order valence-electron chi connectivity index (χ4n) is 2.03. The topological polar surface area (TPSA) is 64.3 Å². The molecule has 2 rings (SSSR count). The first kappa shape index (κ1) is 15.2. The quantitative estimate of drug-likeness (QED) is 0.835. The van der Waals surface area contributed by atoms with Gasteiger partial charge in [0, 0.05) is 22.8 Å². The van der Waals surface area contributed by atoms with Crippen molar-refractivity contribution in [3.05, 3.63) is 58.6 Å². The molecule has 0 aliphatic rings. The van der Waals surface area contributed by atoms with Crippen LogP contribution in [0.2, 0.25) is 5.02 Å². The number of carbonyl (C=O) groups is 1. The van der Waals surface area contributed by atoms with Crippen molar-refractivity contribution in [3.63, 3.8) is 0 Å². The van der Waals surface area contributed by atoms with Gasteiger partial charge in [-0.1, -0.05) is 23.7 Å². The normalized spacial score (nSPS) is 10.2. The van der Waals surface area contributed by atoms with Crippen LogP contribution in [0.1, 0.15) is 11.1 Å². The second-order valence-electron chi connectivity index (χ2n) is 4.65. The Morgan fingerprint density at radius 3 is 2.81 bits per heavy atom. The molecule has 0 radical (unpaired) electrons. The van der Waals surface area contributed by atoms with Gasteiger partial charge in [-0.3, -0.25) is 4.79 Å². The maximum absolute atomic E-state index is 12.0. The predicted molar refractivity (Wildman–Crippen MR) is 84.4 cm³/mol. The summed E-state index contributed by atoms with van der Waals surface area (Å²) in [4.78, 5) is 12.0. The molecule has 0 atom stereocenters. The molecule has 0 heterocycles. The van der Waals surface area contributed by atoms with Crippen molar-refractivity contribution in [2.24, 2.45) is 0 Å². The first-order valence-electron chi connectivity index (χ1n) is 6.52. The number of halogens is 1. The van der Waals surface area contributed by atoms with E-state index in [-0.39, 0.29) is 12.3 Å². The summed E-state index contributed by atoms with van der Waals surface area (Å²) in [5.41, 5.74) is 8.10. The molecule has 2 aromatic carbocycles. The van der Waals surface area contributed by atoms with Crippen molar-refractivity contribution in [1.82, 2.24) is 5.32 Å². The number of nitrogen functional groups attached to an aromatic ring is 1. The van der Waals surface area contributed by atoms with E-state index in [1.807, 2.05) is 12.1 Å². The fraction of sp³-hybridized carbons (Fsp3) is 0.188. The number of carbonyl (C=O) groups excluding carboxylic acids is 1. The predicted octanol–water partition coefficient (Wildman–Crippen LogP) is 2.79. The number of rotatable bonds is 5. The van der Waals surface area contributed by atoms with Crippen LogP contribution in [0.5, 0.6) is 5.75 Å². The molecule has 0 aliphatic heterocycles. The summed E-state index contributed by atoms with van der Waals surface area (Å²) < 4.78 is 5.24. The number of amides is 1. The number of ether oxygens (including phenoxy) is 1. The van der Waals surface area contributed by atoms with Gasteiger partial charge in [-0.2, -0.15) is 0 Å². The number of anilines is 1. The van der Waals surface area contributed by atoms with Crippen LogP contribution in [0, 0.1) is 0 Å². The first-order valence-corrected chi connectivity index (χ1v) is 6.90. The molecule has 21 heavy (non-hydrogen) atoms. The third-order valence-corrected chi connectivity index (χ3v) is 3.27. The Balaban J connectivity index is 1.96. The summed E-state index contributed by atoms with van der Waals surface area (Å²) in [5, 5.41) is 3.47. The zero-order valence-corrected chi connectivity index (χ0v) is 12.5. The fourth-order valence-corrected chi connectivity index (χ4v) is 2.24. The Hall–Kier alpha value is -2.20. The largest absolute Gasteiger partial charge is 0.496 e. The second kappa shape index (κ2) is 6.99. The number of methoxy groups -OCH3 is 1. The Bertz CT molecular complexity index is 644. The van der Waals surface area contributed by atoms with Gasteiger partial charge in [0.05, 0.1) is 13.5 Å². The number of hydrogen-bond donors (Lipinski definition) is 2. The van der Waals surface area contributed by atoms with Crippen molar-refractivity contribution >= 4 is 23.2 Å². The molecule has 0 saturated carbocycles. The number of benzene rings is 2. The van der Waals surface area contributed by atoms with Gasteiger partial charge in [0.2, 0.25) is 5.91 Å². The molecular formula is C16H17ClN2O2. The third-order valence-electron chi connectivity index (χ3n) is 3.03. The van der Waals surface area contributed by atoms with E-state index in [9.17, 15) is 4.79 Å². The third kappa shape index (κ3) is 4.39. The highest BCUT2D eigenvalue weighted by atomic mass is 35.5. The van der Waals surface area contributed by atoms with E-state index in [4.69, 9.17) is 22.1 Å². The Morgan fingerprint density at radius 1 is 1.29 bits per heavy atom. The average Bonchev–Trinajstić information content (AvgIpc) is 2.45. The van der Waals surface area contributed by atoms with Crippen LogP contribution >= 0.6 is 11.6 Å².